The van der Waals surface area contributed by atoms with Gasteiger partial charge in [0.15, 0.2) is 0 Å². The van der Waals surface area contributed by atoms with Crippen LogP contribution < -0.4 is 21.3 Å². The highest BCUT2D eigenvalue weighted by molar-refractivity contribution is 5.88. The molecular weight excluding hydrogens is 685 g/mol. The van der Waals surface area contributed by atoms with Crippen molar-refractivity contribution in [2.45, 2.75) is 67.0 Å². The van der Waals surface area contributed by atoms with E-state index in [1.165, 1.54) is 27.7 Å². The monoisotopic (exact) mass is 728 g/mol. The molecule has 0 bridgehead atoms. The standard InChI is InChI=1S/C40H44N10O4/c1-27(51)41-37-16-6-12-33(45-37)23-49(24-34-13-7-17-38(46-34)42-28(2)52)21-31-10-5-11-32(20-31)22-50(25-35-14-8-18-39(47-35)43-29(3)53)26-36-15-9-19-40(48-36)44-30(4)54/h5-20H,21-26H2,1-4H3,(H,41,45,51)(H,42,46,52)(H,43,47,53)(H,44,48,54). The molecular formula is C40H44N10O4. The Balaban J connectivity index is 1.41. The van der Waals surface area contributed by atoms with Crippen molar-refractivity contribution in [2.75, 3.05) is 21.3 Å². The molecule has 0 aliphatic carbocycles. The van der Waals surface area contributed by atoms with Gasteiger partial charge in [-0.3, -0.25) is 29.0 Å². The number of carbonyl (C=O) groups excluding carboxylic acids is 4. The van der Waals surface area contributed by atoms with Crippen molar-refractivity contribution < 1.29 is 19.2 Å². The second kappa shape index (κ2) is 18.9. The van der Waals surface area contributed by atoms with Gasteiger partial charge in [-0.05, 0) is 59.7 Å². The molecule has 0 atom stereocenters. The second-order valence-corrected chi connectivity index (χ2v) is 12.9. The quantitative estimate of drug-likeness (QED) is 0.102. The molecule has 0 fully saturated rings. The second-order valence-electron chi connectivity index (χ2n) is 12.9. The lowest BCUT2D eigenvalue weighted by molar-refractivity contribution is -0.115. The lowest BCUT2D eigenvalue weighted by Gasteiger charge is -2.24. The number of nitrogens with one attached hydrogen (secondary N) is 4. The van der Waals surface area contributed by atoms with Crippen molar-refractivity contribution in [1.29, 1.82) is 0 Å². The van der Waals surface area contributed by atoms with E-state index in [9.17, 15) is 19.2 Å². The molecule has 5 aromatic rings. The summed E-state index contributed by atoms with van der Waals surface area (Å²) < 4.78 is 0. The highest BCUT2D eigenvalue weighted by atomic mass is 16.2. The molecule has 14 heteroatoms. The highest BCUT2D eigenvalue weighted by Gasteiger charge is 2.15. The molecule has 4 N–H and O–H groups in total. The number of nitrogens with zero attached hydrogens (tertiary/aromatic N) is 6. The van der Waals surface area contributed by atoms with E-state index in [1.807, 2.05) is 54.6 Å². The first-order chi connectivity index (χ1) is 25.9. The van der Waals surface area contributed by atoms with Crippen LogP contribution in [0.4, 0.5) is 23.3 Å². The Morgan fingerprint density at radius 2 is 0.667 bits per heavy atom. The van der Waals surface area contributed by atoms with Crippen molar-refractivity contribution in [3.8, 4) is 0 Å². The van der Waals surface area contributed by atoms with Crippen molar-refractivity contribution >= 4 is 46.9 Å². The van der Waals surface area contributed by atoms with E-state index < -0.39 is 0 Å². The zero-order valence-electron chi connectivity index (χ0n) is 30.8. The minimum Gasteiger partial charge on any atom is -0.311 e. The number of hydrogen-bond acceptors (Lipinski definition) is 10. The maximum absolute atomic E-state index is 11.7. The third-order valence-electron chi connectivity index (χ3n) is 7.79. The molecule has 54 heavy (non-hydrogen) atoms. The number of carbonyl (C=O) groups is 4. The van der Waals surface area contributed by atoms with Crippen LogP contribution in [0.5, 0.6) is 0 Å². The predicted molar refractivity (Wildman–Crippen MR) is 207 cm³/mol. The SMILES string of the molecule is CC(=O)Nc1cccc(CN(Cc2cccc(CN(Cc3cccc(NC(C)=O)n3)Cc3cccc(NC(C)=O)n3)c2)Cc2cccc(NC(C)=O)n2)n1. The number of amides is 4. The predicted octanol–water partition coefficient (Wildman–Crippen LogP) is 5.51. The lowest BCUT2D eigenvalue weighted by atomic mass is 10.1. The summed E-state index contributed by atoms with van der Waals surface area (Å²) in [5.74, 6) is 1.10. The van der Waals surface area contributed by atoms with Crippen LogP contribution in [0.1, 0.15) is 61.6 Å². The van der Waals surface area contributed by atoms with E-state index in [0.717, 1.165) is 33.9 Å². The summed E-state index contributed by atoms with van der Waals surface area (Å²) in [6.07, 6.45) is 0. The van der Waals surface area contributed by atoms with Gasteiger partial charge in [-0.2, -0.15) is 0 Å². The maximum atomic E-state index is 11.7. The first-order valence-electron chi connectivity index (χ1n) is 17.4. The van der Waals surface area contributed by atoms with Crippen molar-refractivity contribution in [2.24, 2.45) is 0 Å². The molecule has 0 aliphatic rings. The summed E-state index contributed by atoms with van der Waals surface area (Å²) in [5.41, 5.74) is 5.18. The molecule has 0 saturated carbocycles. The Morgan fingerprint density at radius 3 is 0.926 bits per heavy atom. The average molecular weight is 729 g/mol. The van der Waals surface area contributed by atoms with Crippen molar-refractivity contribution in [1.82, 2.24) is 29.7 Å². The van der Waals surface area contributed by atoms with E-state index in [4.69, 9.17) is 0 Å². The third-order valence-corrected chi connectivity index (χ3v) is 7.79. The number of pyridine rings is 4. The molecule has 0 spiro atoms. The summed E-state index contributed by atoms with van der Waals surface area (Å²) in [7, 11) is 0. The lowest BCUT2D eigenvalue weighted by Crippen LogP contribution is -2.25. The first-order valence-corrected chi connectivity index (χ1v) is 17.4. The summed E-state index contributed by atoms with van der Waals surface area (Å²) in [6, 6.07) is 30.4. The molecule has 4 aromatic heterocycles. The largest absolute Gasteiger partial charge is 0.311 e. The minimum atomic E-state index is -0.200. The summed E-state index contributed by atoms with van der Waals surface area (Å²) in [6.45, 7) is 8.72. The zero-order valence-corrected chi connectivity index (χ0v) is 30.8. The van der Waals surface area contributed by atoms with Crippen LogP contribution in [0, 0.1) is 0 Å². The Bertz CT molecular complexity index is 1840. The van der Waals surface area contributed by atoms with E-state index >= 15 is 0 Å². The maximum Gasteiger partial charge on any atom is 0.222 e. The molecule has 278 valence electrons. The molecule has 4 heterocycles. The van der Waals surface area contributed by atoms with Gasteiger partial charge in [0.25, 0.3) is 0 Å². The number of anilines is 4. The first kappa shape index (κ1) is 38.8. The van der Waals surface area contributed by atoms with Crippen LogP contribution in [0.2, 0.25) is 0 Å². The molecule has 0 saturated heterocycles. The van der Waals surface area contributed by atoms with E-state index in [2.05, 4.69) is 69.2 Å². The van der Waals surface area contributed by atoms with Gasteiger partial charge in [0.2, 0.25) is 23.6 Å². The fraction of sp³-hybridized carbons (Fsp3) is 0.250. The van der Waals surface area contributed by atoms with Crippen molar-refractivity contribution in [3.05, 3.63) is 131 Å². The number of benzene rings is 1. The number of hydrogen-bond donors (Lipinski definition) is 4. The summed E-state index contributed by atoms with van der Waals surface area (Å²) in [5, 5.41) is 11.0. The molecule has 4 amide bonds. The van der Waals surface area contributed by atoms with E-state index in [1.54, 1.807) is 24.3 Å². The van der Waals surface area contributed by atoms with Gasteiger partial charge in [0.05, 0.1) is 22.8 Å². The third kappa shape index (κ3) is 13.0. The van der Waals surface area contributed by atoms with Crippen LogP contribution in [-0.4, -0.2) is 53.4 Å². The molecule has 5 rings (SSSR count). The smallest absolute Gasteiger partial charge is 0.222 e. The number of aromatic nitrogens is 4. The van der Waals surface area contributed by atoms with Crippen LogP contribution >= 0.6 is 0 Å². The molecule has 0 unspecified atom stereocenters. The summed E-state index contributed by atoms with van der Waals surface area (Å²) in [4.78, 5) is 69.9. The average Bonchev–Trinajstić information content (AvgIpc) is 3.08. The Labute approximate surface area is 314 Å². The van der Waals surface area contributed by atoms with Gasteiger partial charge in [-0.1, -0.05) is 48.5 Å². The molecule has 0 radical (unpaired) electrons. The van der Waals surface area contributed by atoms with E-state index in [0.29, 0.717) is 62.5 Å². The van der Waals surface area contributed by atoms with Crippen LogP contribution in [0.15, 0.2) is 97.1 Å². The van der Waals surface area contributed by atoms with Gasteiger partial charge in [-0.25, -0.2) is 19.9 Å². The van der Waals surface area contributed by atoms with Gasteiger partial charge in [0, 0.05) is 67.0 Å². The van der Waals surface area contributed by atoms with Gasteiger partial charge >= 0.3 is 0 Å². The molecule has 0 aliphatic heterocycles. The van der Waals surface area contributed by atoms with Crippen LogP contribution in [0.25, 0.3) is 0 Å². The fourth-order valence-corrected chi connectivity index (χ4v) is 5.87. The zero-order chi connectivity index (χ0) is 38.5. The van der Waals surface area contributed by atoms with Crippen molar-refractivity contribution in [3.63, 3.8) is 0 Å². The van der Waals surface area contributed by atoms with Gasteiger partial charge < -0.3 is 21.3 Å². The normalized spacial score (nSPS) is 10.9. The Morgan fingerprint density at radius 1 is 0.407 bits per heavy atom. The van der Waals surface area contributed by atoms with E-state index in [-0.39, 0.29) is 23.6 Å². The fourth-order valence-electron chi connectivity index (χ4n) is 5.87. The summed E-state index contributed by atoms with van der Waals surface area (Å²) >= 11 is 0. The Hall–Kier alpha value is -6.38. The number of rotatable bonds is 16. The van der Waals surface area contributed by atoms with Crippen LogP contribution in [-0.2, 0) is 58.4 Å². The van der Waals surface area contributed by atoms with Gasteiger partial charge in [0.1, 0.15) is 23.3 Å². The molecule has 1 aromatic carbocycles. The highest BCUT2D eigenvalue weighted by Crippen LogP contribution is 2.20. The van der Waals surface area contributed by atoms with Gasteiger partial charge in [-0.15, -0.1) is 0 Å². The topological polar surface area (TPSA) is 174 Å². The van der Waals surface area contributed by atoms with Crippen LogP contribution in [0.3, 0.4) is 0 Å². The minimum absolute atomic E-state index is 0.200. The Kier molecular flexibility index (Phi) is 13.6. The molecule has 14 nitrogen and oxygen atoms in total.